The monoisotopic (exact) mass is 357 g/mol. The summed E-state index contributed by atoms with van der Waals surface area (Å²) in [5.41, 5.74) is 2.27. The van der Waals surface area contributed by atoms with Gasteiger partial charge in [-0.15, -0.1) is 5.10 Å². The SMILES string of the molecule is Cn1cnc(COc2nc3c(nnn3-c3ccccc3)c3ccccc23)n1. The van der Waals surface area contributed by atoms with E-state index in [1.165, 1.54) is 0 Å². The fraction of sp³-hybridized carbons (Fsp3) is 0.105. The highest BCUT2D eigenvalue weighted by atomic mass is 16.5. The zero-order valence-corrected chi connectivity index (χ0v) is 14.5. The largest absolute Gasteiger partial charge is 0.469 e. The van der Waals surface area contributed by atoms with Crippen LogP contribution in [0.1, 0.15) is 5.82 Å². The molecular formula is C19H15N7O. The van der Waals surface area contributed by atoms with Gasteiger partial charge >= 0.3 is 0 Å². The Labute approximate surface area is 154 Å². The molecule has 5 rings (SSSR count). The molecule has 3 heterocycles. The maximum Gasteiger partial charge on any atom is 0.224 e. The molecule has 3 aromatic heterocycles. The van der Waals surface area contributed by atoms with Crippen molar-refractivity contribution in [1.29, 1.82) is 0 Å². The van der Waals surface area contributed by atoms with E-state index in [1.54, 1.807) is 15.7 Å². The maximum atomic E-state index is 5.97. The first-order valence-corrected chi connectivity index (χ1v) is 8.46. The number of hydrogen-bond donors (Lipinski definition) is 0. The molecule has 132 valence electrons. The van der Waals surface area contributed by atoms with Crippen LogP contribution in [0.4, 0.5) is 0 Å². The van der Waals surface area contributed by atoms with E-state index in [1.807, 2.05) is 61.6 Å². The van der Waals surface area contributed by atoms with Crippen molar-refractivity contribution in [2.45, 2.75) is 6.61 Å². The Morgan fingerprint density at radius 2 is 1.74 bits per heavy atom. The number of fused-ring (bicyclic) bond motifs is 3. The number of pyridine rings is 1. The summed E-state index contributed by atoms with van der Waals surface area (Å²) in [5, 5.41) is 14.7. The fourth-order valence-electron chi connectivity index (χ4n) is 3.02. The second-order valence-electron chi connectivity index (χ2n) is 6.09. The minimum absolute atomic E-state index is 0.232. The van der Waals surface area contributed by atoms with Gasteiger partial charge in [0.15, 0.2) is 18.1 Å². The summed E-state index contributed by atoms with van der Waals surface area (Å²) in [6, 6.07) is 17.7. The van der Waals surface area contributed by atoms with Gasteiger partial charge in [0.05, 0.1) is 5.69 Å². The van der Waals surface area contributed by atoms with Crippen LogP contribution in [0.3, 0.4) is 0 Å². The number of ether oxygens (including phenoxy) is 1. The van der Waals surface area contributed by atoms with Gasteiger partial charge in [-0.3, -0.25) is 4.68 Å². The van der Waals surface area contributed by atoms with E-state index >= 15 is 0 Å². The van der Waals surface area contributed by atoms with Crippen molar-refractivity contribution in [3.05, 3.63) is 66.7 Å². The molecule has 8 nitrogen and oxygen atoms in total. The van der Waals surface area contributed by atoms with Crippen LogP contribution in [-0.4, -0.2) is 34.7 Å². The van der Waals surface area contributed by atoms with Gasteiger partial charge in [-0.2, -0.15) is 14.8 Å². The third kappa shape index (κ3) is 2.67. The minimum atomic E-state index is 0.232. The molecule has 0 spiro atoms. The molecular weight excluding hydrogens is 342 g/mol. The maximum absolute atomic E-state index is 5.97. The van der Waals surface area contributed by atoms with Gasteiger partial charge in [-0.1, -0.05) is 41.6 Å². The molecule has 0 saturated carbocycles. The van der Waals surface area contributed by atoms with Crippen molar-refractivity contribution in [1.82, 2.24) is 34.7 Å². The van der Waals surface area contributed by atoms with Crippen LogP contribution in [0.15, 0.2) is 60.9 Å². The predicted octanol–water partition coefficient (Wildman–Crippen LogP) is 2.68. The summed E-state index contributed by atoms with van der Waals surface area (Å²) in [7, 11) is 1.82. The molecule has 0 aliphatic carbocycles. The molecule has 2 aromatic carbocycles. The van der Waals surface area contributed by atoms with Crippen molar-refractivity contribution < 1.29 is 4.74 Å². The number of aromatic nitrogens is 7. The molecule has 0 fully saturated rings. The standard InChI is InChI=1S/C19H15N7O/c1-25-12-20-16(23-25)11-27-19-15-10-6-5-9-14(15)17-18(21-19)26(24-22-17)13-7-3-2-4-8-13/h2-10,12H,11H2,1H3. The summed E-state index contributed by atoms with van der Waals surface area (Å²) in [5.74, 6) is 1.10. The van der Waals surface area contributed by atoms with E-state index in [0.717, 1.165) is 22.0 Å². The van der Waals surface area contributed by atoms with E-state index < -0.39 is 0 Å². The summed E-state index contributed by atoms with van der Waals surface area (Å²) in [4.78, 5) is 8.91. The van der Waals surface area contributed by atoms with Gasteiger partial charge in [0.25, 0.3) is 0 Å². The average Bonchev–Trinajstić information content (AvgIpc) is 3.33. The van der Waals surface area contributed by atoms with Crippen molar-refractivity contribution >= 4 is 21.9 Å². The lowest BCUT2D eigenvalue weighted by Gasteiger charge is -2.08. The summed E-state index contributed by atoms with van der Waals surface area (Å²) >= 11 is 0. The zero-order valence-electron chi connectivity index (χ0n) is 14.5. The van der Waals surface area contributed by atoms with E-state index in [2.05, 4.69) is 20.4 Å². The minimum Gasteiger partial charge on any atom is -0.469 e. The van der Waals surface area contributed by atoms with Crippen LogP contribution in [0.5, 0.6) is 5.88 Å². The first-order chi connectivity index (χ1) is 13.3. The Morgan fingerprint density at radius 1 is 0.963 bits per heavy atom. The third-order valence-electron chi connectivity index (χ3n) is 4.25. The Morgan fingerprint density at radius 3 is 2.52 bits per heavy atom. The van der Waals surface area contributed by atoms with Crippen LogP contribution < -0.4 is 4.74 Å². The molecule has 8 heteroatoms. The molecule has 0 radical (unpaired) electrons. The van der Waals surface area contributed by atoms with Crippen LogP contribution in [-0.2, 0) is 13.7 Å². The highest BCUT2D eigenvalue weighted by Crippen LogP contribution is 2.30. The molecule has 0 bridgehead atoms. The molecule has 0 unspecified atom stereocenters. The topological polar surface area (TPSA) is 83.5 Å². The van der Waals surface area contributed by atoms with Crippen LogP contribution >= 0.6 is 0 Å². The van der Waals surface area contributed by atoms with Gasteiger partial charge in [-0.05, 0) is 18.2 Å². The average molecular weight is 357 g/mol. The van der Waals surface area contributed by atoms with E-state index in [9.17, 15) is 0 Å². The van der Waals surface area contributed by atoms with Gasteiger partial charge < -0.3 is 4.74 Å². The van der Waals surface area contributed by atoms with Gasteiger partial charge in [-0.25, -0.2) is 4.98 Å². The molecule has 5 aromatic rings. The lowest BCUT2D eigenvalue weighted by atomic mass is 10.1. The van der Waals surface area contributed by atoms with Crippen LogP contribution in [0, 0.1) is 0 Å². The lowest BCUT2D eigenvalue weighted by Crippen LogP contribution is -2.03. The Balaban J connectivity index is 1.66. The summed E-state index contributed by atoms with van der Waals surface area (Å²) < 4.78 is 9.33. The number of para-hydroxylation sites is 1. The first kappa shape index (κ1) is 15.4. The number of benzene rings is 2. The second kappa shape index (κ2) is 6.17. The normalized spacial score (nSPS) is 11.3. The summed E-state index contributed by atoms with van der Waals surface area (Å²) in [6.45, 7) is 0.232. The van der Waals surface area contributed by atoms with Crippen molar-refractivity contribution in [3.8, 4) is 11.6 Å². The van der Waals surface area contributed by atoms with E-state index in [-0.39, 0.29) is 6.61 Å². The number of aryl methyl sites for hydroxylation is 1. The Bertz CT molecular complexity index is 1240. The smallest absolute Gasteiger partial charge is 0.224 e. The molecule has 0 atom stereocenters. The van der Waals surface area contributed by atoms with E-state index in [4.69, 9.17) is 9.72 Å². The number of rotatable bonds is 4. The predicted molar refractivity (Wildman–Crippen MR) is 99.5 cm³/mol. The summed E-state index contributed by atoms with van der Waals surface area (Å²) in [6.07, 6.45) is 1.64. The Kier molecular flexibility index (Phi) is 3.53. The second-order valence-corrected chi connectivity index (χ2v) is 6.09. The quantitative estimate of drug-likeness (QED) is 0.492. The number of nitrogens with zero attached hydrogens (tertiary/aromatic N) is 7. The van der Waals surface area contributed by atoms with Gasteiger partial charge in [0, 0.05) is 17.8 Å². The highest BCUT2D eigenvalue weighted by molar-refractivity contribution is 6.04. The van der Waals surface area contributed by atoms with Gasteiger partial charge in [0.2, 0.25) is 5.88 Å². The van der Waals surface area contributed by atoms with Crippen LogP contribution in [0.25, 0.3) is 27.6 Å². The first-order valence-electron chi connectivity index (χ1n) is 8.46. The van der Waals surface area contributed by atoms with Gasteiger partial charge in [0.1, 0.15) is 11.8 Å². The lowest BCUT2D eigenvalue weighted by molar-refractivity contribution is 0.288. The van der Waals surface area contributed by atoms with Crippen molar-refractivity contribution in [3.63, 3.8) is 0 Å². The Hall–Kier alpha value is -3.81. The molecule has 0 amide bonds. The zero-order chi connectivity index (χ0) is 18.2. The van der Waals surface area contributed by atoms with Crippen LogP contribution in [0.2, 0.25) is 0 Å². The molecule has 0 saturated heterocycles. The fourth-order valence-corrected chi connectivity index (χ4v) is 3.02. The molecule has 0 aliphatic heterocycles. The van der Waals surface area contributed by atoms with Crippen molar-refractivity contribution in [2.24, 2.45) is 7.05 Å². The van der Waals surface area contributed by atoms with E-state index in [0.29, 0.717) is 17.4 Å². The number of hydrogen-bond acceptors (Lipinski definition) is 6. The molecule has 0 N–H and O–H groups in total. The molecule has 0 aliphatic rings. The van der Waals surface area contributed by atoms with Crippen molar-refractivity contribution in [2.75, 3.05) is 0 Å². The molecule has 27 heavy (non-hydrogen) atoms. The third-order valence-corrected chi connectivity index (χ3v) is 4.25. The highest BCUT2D eigenvalue weighted by Gasteiger charge is 2.16.